The first-order valence-electron chi connectivity index (χ1n) is 8.02. The molecular formula is C19H24ClN3O. The summed E-state index contributed by atoms with van der Waals surface area (Å²) in [6.07, 6.45) is 0. The smallest absolute Gasteiger partial charge is 0.254 e. The van der Waals surface area contributed by atoms with Crippen LogP contribution in [0.15, 0.2) is 54.6 Å². The molecule has 1 atom stereocenters. The number of benzene rings is 2. The van der Waals surface area contributed by atoms with Crippen LogP contribution in [0.25, 0.3) is 0 Å². The molecule has 2 aromatic rings. The van der Waals surface area contributed by atoms with Gasteiger partial charge in [0.1, 0.15) is 0 Å². The lowest BCUT2D eigenvalue weighted by Gasteiger charge is -2.40. The SMILES string of the molecule is CN1CCN(C(=O)c2ccc(CN)cc2)C(c2ccccc2)C1.Cl. The van der Waals surface area contributed by atoms with Crippen LogP contribution >= 0.6 is 12.4 Å². The van der Waals surface area contributed by atoms with Crippen LogP contribution in [0.1, 0.15) is 27.5 Å². The van der Waals surface area contributed by atoms with Gasteiger partial charge in [-0.05, 0) is 30.3 Å². The van der Waals surface area contributed by atoms with Gasteiger partial charge in [-0.15, -0.1) is 12.4 Å². The van der Waals surface area contributed by atoms with Crippen molar-refractivity contribution in [3.8, 4) is 0 Å². The van der Waals surface area contributed by atoms with Gasteiger partial charge in [-0.3, -0.25) is 4.79 Å². The van der Waals surface area contributed by atoms with E-state index in [0.717, 1.165) is 30.8 Å². The fourth-order valence-electron chi connectivity index (χ4n) is 3.07. The zero-order chi connectivity index (χ0) is 16.2. The number of carbonyl (C=O) groups excluding carboxylic acids is 1. The van der Waals surface area contributed by atoms with Gasteiger partial charge in [-0.1, -0.05) is 42.5 Å². The summed E-state index contributed by atoms with van der Waals surface area (Å²) in [6.45, 7) is 3.00. The normalized spacial score (nSPS) is 18.1. The number of rotatable bonds is 3. The lowest BCUT2D eigenvalue weighted by Crippen LogP contribution is -2.49. The predicted molar refractivity (Wildman–Crippen MR) is 99.3 cm³/mol. The van der Waals surface area contributed by atoms with Crippen molar-refractivity contribution in [1.29, 1.82) is 0 Å². The number of amides is 1. The Balaban J connectivity index is 0.00000208. The van der Waals surface area contributed by atoms with Crippen LogP contribution in [-0.2, 0) is 6.54 Å². The summed E-state index contributed by atoms with van der Waals surface area (Å²) < 4.78 is 0. The highest BCUT2D eigenvalue weighted by Gasteiger charge is 2.30. The molecule has 1 fully saturated rings. The highest BCUT2D eigenvalue weighted by atomic mass is 35.5. The topological polar surface area (TPSA) is 49.6 Å². The standard InChI is InChI=1S/C19H23N3O.ClH/c1-21-11-12-22(18(14-21)16-5-3-2-4-6-16)19(23)17-9-7-15(13-20)8-10-17;/h2-10,18H,11-14,20H2,1H3;1H. The van der Waals surface area contributed by atoms with Gasteiger partial charge >= 0.3 is 0 Å². The van der Waals surface area contributed by atoms with Crippen molar-refractivity contribution in [3.05, 3.63) is 71.3 Å². The molecule has 0 aromatic heterocycles. The number of carbonyl (C=O) groups is 1. The summed E-state index contributed by atoms with van der Waals surface area (Å²) in [7, 11) is 2.10. The monoisotopic (exact) mass is 345 g/mol. The molecule has 24 heavy (non-hydrogen) atoms. The number of nitrogens with zero attached hydrogens (tertiary/aromatic N) is 2. The van der Waals surface area contributed by atoms with Crippen LogP contribution in [0.5, 0.6) is 0 Å². The molecule has 0 radical (unpaired) electrons. The van der Waals surface area contributed by atoms with Crippen LogP contribution in [0, 0.1) is 0 Å². The molecule has 1 unspecified atom stereocenters. The molecular weight excluding hydrogens is 322 g/mol. The number of hydrogen-bond donors (Lipinski definition) is 1. The minimum Gasteiger partial charge on any atom is -0.329 e. The first kappa shape index (κ1) is 18.5. The van der Waals surface area contributed by atoms with Gasteiger partial charge in [-0.25, -0.2) is 0 Å². The Morgan fingerprint density at radius 1 is 1.08 bits per heavy atom. The van der Waals surface area contributed by atoms with E-state index in [0.29, 0.717) is 6.54 Å². The lowest BCUT2D eigenvalue weighted by atomic mass is 10.0. The van der Waals surface area contributed by atoms with Crippen molar-refractivity contribution in [2.75, 3.05) is 26.7 Å². The van der Waals surface area contributed by atoms with E-state index in [2.05, 4.69) is 24.1 Å². The van der Waals surface area contributed by atoms with Crippen molar-refractivity contribution >= 4 is 18.3 Å². The van der Waals surface area contributed by atoms with E-state index in [4.69, 9.17) is 5.73 Å². The van der Waals surface area contributed by atoms with Crippen molar-refractivity contribution in [1.82, 2.24) is 9.80 Å². The lowest BCUT2D eigenvalue weighted by molar-refractivity contribution is 0.0498. The van der Waals surface area contributed by atoms with E-state index >= 15 is 0 Å². The van der Waals surface area contributed by atoms with Gasteiger partial charge < -0.3 is 15.5 Å². The van der Waals surface area contributed by atoms with E-state index in [1.807, 2.05) is 47.4 Å². The molecule has 5 heteroatoms. The molecule has 1 heterocycles. The molecule has 128 valence electrons. The summed E-state index contributed by atoms with van der Waals surface area (Å²) >= 11 is 0. The molecule has 0 aliphatic carbocycles. The zero-order valence-corrected chi connectivity index (χ0v) is 14.7. The van der Waals surface area contributed by atoms with E-state index in [1.54, 1.807) is 0 Å². The molecule has 2 aromatic carbocycles. The molecule has 1 aliphatic rings. The van der Waals surface area contributed by atoms with Gasteiger partial charge in [-0.2, -0.15) is 0 Å². The van der Waals surface area contributed by atoms with Crippen LogP contribution in [-0.4, -0.2) is 42.4 Å². The Morgan fingerprint density at radius 3 is 2.38 bits per heavy atom. The molecule has 4 nitrogen and oxygen atoms in total. The predicted octanol–water partition coefficient (Wildman–Crippen LogP) is 2.70. The molecule has 0 saturated carbocycles. The maximum absolute atomic E-state index is 13.0. The molecule has 3 rings (SSSR count). The Labute approximate surface area is 149 Å². The van der Waals surface area contributed by atoms with Crippen LogP contribution in [0.4, 0.5) is 0 Å². The highest BCUT2D eigenvalue weighted by Crippen LogP contribution is 2.26. The quantitative estimate of drug-likeness (QED) is 0.930. The molecule has 1 saturated heterocycles. The summed E-state index contributed by atoms with van der Waals surface area (Å²) in [5, 5.41) is 0. The van der Waals surface area contributed by atoms with Crippen molar-refractivity contribution in [2.45, 2.75) is 12.6 Å². The Bertz CT molecular complexity index is 660. The second-order valence-corrected chi connectivity index (χ2v) is 6.09. The van der Waals surface area contributed by atoms with Crippen molar-refractivity contribution in [2.24, 2.45) is 5.73 Å². The minimum atomic E-state index is 0. The summed E-state index contributed by atoms with van der Waals surface area (Å²) in [4.78, 5) is 17.2. The summed E-state index contributed by atoms with van der Waals surface area (Å²) in [5.74, 6) is 0.0931. The maximum Gasteiger partial charge on any atom is 0.254 e. The fourth-order valence-corrected chi connectivity index (χ4v) is 3.07. The highest BCUT2D eigenvalue weighted by molar-refractivity contribution is 5.94. The van der Waals surface area contributed by atoms with Gasteiger partial charge in [0.05, 0.1) is 6.04 Å². The van der Waals surface area contributed by atoms with E-state index in [-0.39, 0.29) is 24.4 Å². The number of nitrogens with two attached hydrogens (primary N) is 1. The minimum absolute atomic E-state index is 0. The van der Waals surface area contributed by atoms with Gasteiger partial charge in [0.15, 0.2) is 0 Å². The second-order valence-electron chi connectivity index (χ2n) is 6.09. The zero-order valence-electron chi connectivity index (χ0n) is 13.9. The Hall–Kier alpha value is -1.88. The Morgan fingerprint density at radius 2 is 1.75 bits per heavy atom. The molecule has 2 N–H and O–H groups in total. The third-order valence-corrected chi connectivity index (χ3v) is 4.47. The van der Waals surface area contributed by atoms with Gasteiger partial charge in [0.25, 0.3) is 5.91 Å². The third kappa shape index (κ3) is 3.96. The van der Waals surface area contributed by atoms with Gasteiger partial charge in [0, 0.05) is 31.7 Å². The fraction of sp³-hybridized carbons (Fsp3) is 0.316. The van der Waals surface area contributed by atoms with Gasteiger partial charge in [0.2, 0.25) is 0 Å². The van der Waals surface area contributed by atoms with Crippen LogP contribution < -0.4 is 5.73 Å². The van der Waals surface area contributed by atoms with E-state index in [9.17, 15) is 4.79 Å². The molecule has 1 aliphatic heterocycles. The second kappa shape index (κ2) is 8.29. The van der Waals surface area contributed by atoms with E-state index < -0.39 is 0 Å². The average Bonchev–Trinajstić information content (AvgIpc) is 2.62. The van der Waals surface area contributed by atoms with Crippen molar-refractivity contribution < 1.29 is 4.79 Å². The first-order chi connectivity index (χ1) is 11.2. The maximum atomic E-state index is 13.0. The van der Waals surface area contributed by atoms with Crippen molar-refractivity contribution in [3.63, 3.8) is 0 Å². The largest absolute Gasteiger partial charge is 0.329 e. The van der Waals surface area contributed by atoms with E-state index in [1.165, 1.54) is 5.56 Å². The number of halogens is 1. The van der Waals surface area contributed by atoms with Crippen LogP contribution in [0.2, 0.25) is 0 Å². The molecule has 0 spiro atoms. The third-order valence-electron chi connectivity index (χ3n) is 4.47. The first-order valence-corrected chi connectivity index (χ1v) is 8.02. The Kier molecular flexibility index (Phi) is 6.37. The summed E-state index contributed by atoms with van der Waals surface area (Å²) in [6, 6.07) is 18.0. The van der Waals surface area contributed by atoms with Crippen LogP contribution in [0.3, 0.4) is 0 Å². The number of piperazine rings is 1. The average molecular weight is 346 g/mol. The number of likely N-dealkylation sites (N-methyl/N-ethyl adjacent to an activating group) is 1. The number of hydrogen-bond acceptors (Lipinski definition) is 3. The summed E-state index contributed by atoms with van der Waals surface area (Å²) in [5.41, 5.74) is 8.59. The molecule has 0 bridgehead atoms. The molecule has 1 amide bonds.